The third kappa shape index (κ3) is 3.36. The zero-order chi connectivity index (χ0) is 13.6. The second-order valence-electron chi connectivity index (χ2n) is 5.04. The fraction of sp³-hybridized carbons (Fsp3) is 0.294. The van der Waals surface area contributed by atoms with Crippen LogP contribution in [0.15, 0.2) is 42.7 Å². The Morgan fingerprint density at radius 2 is 1.55 bits per heavy atom. The van der Waals surface area contributed by atoms with Crippen molar-refractivity contribution in [3.05, 3.63) is 53.9 Å². The number of nitrogens with one attached hydrogen (secondary N) is 1. The zero-order valence-corrected chi connectivity index (χ0v) is 11.3. The normalized spacial score (nSPS) is 14.6. The van der Waals surface area contributed by atoms with Crippen molar-refractivity contribution in [2.75, 3.05) is 5.32 Å². The molecule has 1 saturated carbocycles. The molecule has 3 heteroatoms. The molecule has 2 aromatic rings. The lowest BCUT2D eigenvalue weighted by atomic mass is 10.2. The minimum Gasteiger partial charge on any atom is -0.351 e. The quantitative estimate of drug-likeness (QED) is 0.845. The molecule has 0 radical (unpaired) electrons. The summed E-state index contributed by atoms with van der Waals surface area (Å²) in [7, 11) is 0. The van der Waals surface area contributed by atoms with Crippen molar-refractivity contribution in [1.29, 1.82) is 0 Å². The van der Waals surface area contributed by atoms with E-state index < -0.39 is 0 Å². The van der Waals surface area contributed by atoms with Gasteiger partial charge in [-0.3, -0.25) is 0 Å². The fourth-order valence-electron chi connectivity index (χ4n) is 2.39. The molecule has 0 bridgehead atoms. The minimum atomic E-state index is 0.538. The Labute approximate surface area is 119 Å². The summed E-state index contributed by atoms with van der Waals surface area (Å²) in [6, 6.07) is 10.5. The average molecular weight is 263 g/mol. The molecule has 0 saturated heterocycles. The zero-order valence-electron chi connectivity index (χ0n) is 11.3. The van der Waals surface area contributed by atoms with Crippen LogP contribution in [-0.2, 0) is 0 Å². The first-order valence-corrected chi connectivity index (χ1v) is 7.06. The van der Waals surface area contributed by atoms with Crippen molar-refractivity contribution in [3.63, 3.8) is 0 Å². The van der Waals surface area contributed by atoms with E-state index in [1.165, 1.54) is 25.7 Å². The molecule has 3 nitrogen and oxygen atoms in total. The smallest absolute Gasteiger partial charge is 0.222 e. The fourth-order valence-corrected chi connectivity index (χ4v) is 2.39. The van der Waals surface area contributed by atoms with E-state index in [2.05, 4.69) is 27.1 Å². The van der Waals surface area contributed by atoms with Crippen molar-refractivity contribution in [3.8, 4) is 11.8 Å². The van der Waals surface area contributed by atoms with E-state index >= 15 is 0 Å². The minimum absolute atomic E-state index is 0.538. The lowest BCUT2D eigenvalue weighted by Gasteiger charge is -2.10. The average Bonchev–Trinajstić information content (AvgIpc) is 3.01. The Morgan fingerprint density at radius 3 is 2.25 bits per heavy atom. The highest BCUT2D eigenvalue weighted by atomic mass is 15.1. The Bertz CT molecular complexity index is 602. The van der Waals surface area contributed by atoms with Crippen LogP contribution in [0.25, 0.3) is 0 Å². The summed E-state index contributed by atoms with van der Waals surface area (Å²) < 4.78 is 0. The van der Waals surface area contributed by atoms with E-state index in [-0.39, 0.29) is 0 Å². The second kappa shape index (κ2) is 6.21. The van der Waals surface area contributed by atoms with Crippen LogP contribution < -0.4 is 5.32 Å². The Hall–Kier alpha value is -2.34. The number of nitrogens with zero attached hydrogens (tertiary/aromatic N) is 2. The van der Waals surface area contributed by atoms with E-state index in [9.17, 15) is 0 Å². The molecule has 0 unspecified atom stereocenters. The number of rotatable bonds is 2. The van der Waals surface area contributed by atoms with Gasteiger partial charge in [-0.25, -0.2) is 9.97 Å². The first kappa shape index (κ1) is 12.7. The van der Waals surface area contributed by atoms with Gasteiger partial charge in [0, 0.05) is 24.0 Å². The molecule has 1 aromatic heterocycles. The second-order valence-corrected chi connectivity index (χ2v) is 5.04. The molecule has 20 heavy (non-hydrogen) atoms. The molecule has 1 aromatic carbocycles. The van der Waals surface area contributed by atoms with Gasteiger partial charge < -0.3 is 5.32 Å². The van der Waals surface area contributed by atoms with Crippen LogP contribution >= 0.6 is 0 Å². The van der Waals surface area contributed by atoms with Gasteiger partial charge in [0.2, 0.25) is 5.95 Å². The molecular formula is C17H17N3. The molecule has 3 rings (SSSR count). The summed E-state index contributed by atoms with van der Waals surface area (Å²) in [4.78, 5) is 8.66. The Kier molecular flexibility index (Phi) is 3.93. The third-order valence-electron chi connectivity index (χ3n) is 3.47. The molecule has 0 aliphatic heterocycles. The summed E-state index contributed by atoms with van der Waals surface area (Å²) in [6.07, 6.45) is 8.61. The summed E-state index contributed by atoms with van der Waals surface area (Å²) in [6.45, 7) is 0. The lowest BCUT2D eigenvalue weighted by molar-refractivity contribution is 0.744. The van der Waals surface area contributed by atoms with Crippen LogP contribution in [-0.4, -0.2) is 16.0 Å². The molecule has 1 heterocycles. The number of anilines is 1. The number of aromatic nitrogens is 2. The van der Waals surface area contributed by atoms with Crippen molar-refractivity contribution >= 4 is 5.95 Å². The summed E-state index contributed by atoms with van der Waals surface area (Å²) >= 11 is 0. The van der Waals surface area contributed by atoms with E-state index in [1.807, 2.05) is 30.3 Å². The number of hydrogen-bond acceptors (Lipinski definition) is 3. The van der Waals surface area contributed by atoms with E-state index in [4.69, 9.17) is 0 Å². The van der Waals surface area contributed by atoms with Crippen LogP contribution in [0.5, 0.6) is 0 Å². The Balaban J connectivity index is 1.65. The molecule has 0 spiro atoms. The molecular weight excluding hydrogens is 246 g/mol. The first-order valence-electron chi connectivity index (χ1n) is 7.06. The summed E-state index contributed by atoms with van der Waals surface area (Å²) in [5, 5.41) is 3.37. The van der Waals surface area contributed by atoms with E-state index in [0.29, 0.717) is 12.0 Å². The molecule has 0 amide bonds. The highest BCUT2D eigenvalue weighted by Gasteiger charge is 2.15. The maximum absolute atomic E-state index is 4.33. The predicted molar refractivity (Wildman–Crippen MR) is 80.3 cm³/mol. The molecule has 1 N–H and O–H groups in total. The Morgan fingerprint density at radius 1 is 0.900 bits per heavy atom. The van der Waals surface area contributed by atoms with Gasteiger partial charge in [-0.2, -0.15) is 0 Å². The largest absolute Gasteiger partial charge is 0.351 e. The molecule has 1 aliphatic rings. The van der Waals surface area contributed by atoms with Crippen molar-refractivity contribution in [1.82, 2.24) is 9.97 Å². The standard InChI is InChI=1S/C17H17N3/c1-2-6-14(7-3-1)10-11-15-12-18-17(19-13-15)20-16-8-4-5-9-16/h1-3,6-7,12-13,16H,4-5,8-9H2,(H,18,19,20). The van der Waals surface area contributed by atoms with Gasteiger partial charge in [-0.05, 0) is 25.0 Å². The number of benzene rings is 1. The van der Waals surface area contributed by atoms with E-state index in [0.717, 1.165) is 11.1 Å². The van der Waals surface area contributed by atoms with Gasteiger partial charge in [-0.15, -0.1) is 0 Å². The van der Waals surface area contributed by atoms with Gasteiger partial charge >= 0.3 is 0 Å². The third-order valence-corrected chi connectivity index (χ3v) is 3.47. The van der Waals surface area contributed by atoms with Crippen LogP contribution in [0.4, 0.5) is 5.95 Å². The highest BCUT2D eigenvalue weighted by Crippen LogP contribution is 2.20. The molecule has 0 atom stereocenters. The highest BCUT2D eigenvalue weighted by molar-refractivity contribution is 5.41. The van der Waals surface area contributed by atoms with Crippen molar-refractivity contribution in [2.45, 2.75) is 31.7 Å². The lowest BCUT2D eigenvalue weighted by Crippen LogP contribution is -2.16. The van der Waals surface area contributed by atoms with Crippen LogP contribution in [0.1, 0.15) is 36.8 Å². The maximum atomic E-state index is 4.33. The molecule has 1 aliphatic carbocycles. The van der Waals surface area contributed by atoms with E-state index in [1.54, 1.807) is 12.4 Å². The maximum Gasteiger partial charge on any atom is 0.222 e. The first-order chi connectivity index (χ1) is 9.90. The summed E-state index contributed by atoms with van der Waals surface area (Å²) in [5.41, 5.74) is 1.84. The van der Waals surface area contributed by atoms with Gasteiger partial charge in [0.25, 0.3) is 0 Å². The van der Waals surface area contributed by atoms with Gasteiger partial charge in [0.05, 0.1) is 5.56 Å². The number of hydrogen-bond donors (Lipinski definition) is 1. The molecule has 100 valence electrons. The van der Waals surface area contributed by atoms with Gasteiger partial charge in [-0.1, -0.05) is 42.9 Å². The molecule has 1 fully saturated rings. The van der Waals surface area contributed by atoms with Gasteiger partial charge in [0.15, 0.2) is 0 Å². The SMILES string of the molecule is C(#Cc1cnc(NC2CCCC2)nc1)c1ccccc1. The predicted octanol–water partition coefficient (Wildman–Crippen LogP) is 3.23. The van der Waals surface area contributed by atoms with Crippen LogP contribution in [0, 0.1) is 11.8 Å². The van der Waals surface area contributed by atoms with Crippen LogP contribution in [0.3, 0.4) is 0 Å². The van der Waals surface area contributed by atoms with Gasteiger partial charge in [0.1, 0.15) is 0 Å². The topological polar surface area (TPSA) is 37.8 Å². The summed E-state index contributed by atoms with van der Waals surface area (Å²) in [5.74, 6) is 6.89. The van der Waals surface area contributed by atoms with Crippen molar-refractivity contribution in [2.24, 2.45) is 0 Å². The van der Waals surface area contributed by atoms with Crippen LogP contribution in [0.2, 0.25) is 0 Å². The van der Waals surface area contributed by atoms with Crippen molar-refractivity contribution < 1.29 is 0 Å². The monoisotopic (exact) mass is 263 g/mol.